The van der Waals surface area contributed by atoms with Crippen LogP contribution in [0.2, 0.25) is 0 Å². The molecule has 4 heteroatoms. The van der Waals surface area contributed by atoms with Gasteiger partial charge in [0.25, 0.3) is 0 Å². The predicted octanol–water partition coefficient (Wildman–Crippen LogP) is 2.88. The molecule has 18 heavy (non-hydrogen) atoms. The summed E-state index contributed by atoms with van der Waals surface area (Å²) in [5, 5.41) is 5.83. The van der Waals surface area contributed by atoms with Crippen molar-refractivity contribution in [3.8, 4) is 0 Å². The molecule has 2 aromatic rings. The fourth-order valence-corrected chi connectivity index (χ4v) is 2.53. The van der Waals surface area contributed by atoms with Gasteiger partial charge in [0.2, 0.25) is 0 Å². The van der Waals surface area contributed by atoms with Crippen LogP contribution in [0.3, 0.4) is 0 Å². The van der Waals surface area contributed by atoms with E-state index in [1.54, 1.807) is 7.11 Å². The number of rotatable bonds is 3. The molecule has 1 aromatic heterocycles. The third-order valence-corrected chi connectivity index (χ3v) is 3.40. The third kappa shape index (κ3) is 2.02. The van der Waals surface area contributed by atoms with Gasteiger partial charge in [0.15, 0.2) is 6.23 Å². The van der Waals surface area contributed by atoms with Crippen LogP contribution < -0.4 is 0 Å². The summed E-state index contributed by atoms with van der Waals surface area (Å²) in [5.41, 5.74) is 2.12. The van der Waals surface area contributed by atoms with E-state index in [0.29, 0.717) is 6.61 Å². The van der Waals surface area contributed by atoms with E-state index in [9.17, 15) is 0 Å². The van der Waals surface area contributed by atoms with Crippen LogP contribution in [0.5, 0.6) is 0 Å². The smallest absolute Gasteiger partial charge is 0.150 e. The summed E-state index contributed by atoms with van der Waals surface area (Å²) >= 11 is 0. The number of methoxy groups -OCH3 is 1. The van der Waals surface area contributed by atoms with Crippen LogP contribution >= 0.6 is 0 Å². The maximum Gasteiger partial charge on any atom is 0.150 e. The minimum absolute atomic E-state index is 0.0780. The quantitative estimate of drug-likeness (QED) is 0.835. The minimum atomic E-state index is 0.0780. The van der Waals surface area contributed by atoms with Crippen LogP contribution in [0.4, 0.5) is 0 Å². The minimum Gasteiger partial charge on any atom is -0.378 e. The Labute approximate surface area is 106 Å². The van der Waals surface area contributed by atoms with Crippen molar-refractivity contribution in [1.82, 2.24) is 9.78 Å². The topological polar surface area (TPSA) is 36.3 Å². The molecule has 1 unspecified atom stereocenters. The first-order valence-corrected chi connectivity index (χ1v) is 6.47. The van der Waals surface area contributed by atoms with E-state index in [1.807, 2.05) is 16.8 Å². The molecule has 1 fully saturated rings. The molecular formula is C14H18N2O2. The van der Waals surface area contributed by atoms with Crippen molar-refractivity contribution in [3.05, 3.63) is 30.0 Å². The van der Waals surface area contributed by atoms with E-state index in [0.717, 1.165) is 36.0 Å². The van der Waals surface area contributed by atoms with Gasteiger partial charge in [-0.15, -0.1) is 0 Å². The Morgan fingerprint density at radius 3 is 3.06 bits per heavy atom. The molecule has 0 radical (unpaired) electrons. The summed E-state index contributed by atoms with van der Waals surface area (Å²) in [5.74, 6) is 0. The zero-order valence-corrected chi connectivity index (χ0v) is 10.6. The molecule has 96 valence electrons. The molecule has 0 aliphatic carbocycles. The molecule has 4 nitrogen and oxygen atoms in total. The second-order valence-electron chi connectivity index (χ2n) is 4.66. The van der Waals surface area contributed by atoms with Gasteiger partial charge in [-0.25, -0.2) is 4.68 Å². The molecule has 1 aliphatic rings. The number of hydrogen-bond donors (Lipinski definition) is 0. The van der Waals surface area contributed by atoms with Gasteiger partial charge in [0.05, 0.1) is 17.8 Å². The first-order chi connectivity index (χ1) is 8.90. The zero-order chi connectivity index (χ0) is 12.4. The van der Waals surface area contributed by atoms with Crippen LogP contribution in [0.1, 0.15) is 31.2 Å². The van der Waals surface area contributed by atoms with Crippen LogP contribution in [-0.2, 0) is 16.1 Å². The third-order valence-electron chi connectivity index (χ3n) is 3.40. The summed E-state index contributed by atoms with van der Waals surface area (Å²) in [4.78, 5) is 0. The summed E-state index contributed by atoms with van der Waals surface area (Å²) in [6, 6.07) is 8.27. The molecule has 0 amide bonds. The Kier molecular flexibility index (Phi) is 3.30. The monoisotopic (exact) mass is 246 g/mol. The number of nitrogens with zero attached hydrogens (tertiary/aromatic N) is 2. The van der Waals surface area contributed by atoms with Crippen molar-refractivity contribution in [2.24, 2.45) is 0 Å². The molecule has 0 bridgehead atoms. The van der Waals surface area contributed by atoms with Crippen molar-refractivity contribution >= 4 is 10.9 Å². The second kappa shape index (κ2) is 5.08. The summed E-state index contributed by atoms with van der Waals surface area (Å²) in [6.07, 6.45) is 3.48. The van der Waals surface area contributed by atoms with Gasteiger partial charge in [-0.2, -0.15) is 5.10 Å². The van der Waals surface area contributed by atoms with Crippen molar-refractivity contribution < 1.29 is 9.47 Å². The van der Waals surface area contributed by atoms with E-state index in [-0.39, 0.29) is 6.23 Å². The number of para-hydroxylation sites is 1. The highest BCUT2D eigenvalue weighted by Crippen LogP contribution is 2.28. The Bertz CT molecular complexity index is 530. The summed E-state index contributed by atoms with van der Waals surface area (Å²) in [6.45, 7) is 1.37. The van der Waals surface area contributed by atoms with E-state index in [1.165, 1.54) is 6.42 Å². The average Bonchev–Trinajstić information content (AvgIpc) is 2.80. The highest BCUT2D eigenvalue weighted by molar-refractivity contribution is 5.81. The maximum atomic E-state index is 5.82. The van der Waals surface area contributed by atoms with Gasteiger partial charge in [-0.3, -0.25) is 0 Å². The number of ether oxygens (including phenoxy) is 2. The average molecular weight is 246 g/mol. The number of benzene rings is 1. The fourth-order valence-electron chi connectivity index (χ4n) is 2.53. The lowest BCUT2D eigenvalue weighted by Crippen LogP contribution is -2.19. The highest BCUT2D eigenvalue weighted by atomic mass is 16.5. The molecule has 1 aliphatic heterocycles. The highest BCUT2D eigenvalue weighted by Gasteiger charge is 2.20. The summed E-state index contributed by atoms with van der Waals surface area (Å²) in [7, 11) is 1.70. The van der Waals surface area contributed by atoms with Crippen LogP contribution in [0.25, 0.3) is 10.9 Å². The van der Waals surface area contributed by atoms with Crippen molar-refractivity contribution in [2.75, 3.05) is 13.7 Å². The van der Waals surface area contributed by atoms with E-state index in [2.05, 4.69) is 17.2 Å². The van der Waals surface area contributed by atoms with Gasteiger partial charge in [0, 0.05) is 19.1 Å². The van der Waals surface area contributed by atoms with Crippen LogP contribution in [-0.4, -0.2) is 23.5 Å². The van der Waals surface area contributed by atoms with Gasteiger partial charge < -0.3 is 9.47 Å². The molecule has 3 rings (SSSR count). The predicted molar refractivity (Wildman–Crippen MR) is 69.3 cm³/mol. The van der Waals surface area contributed by atoms with Gasteiger partial charge >= 0.3 is 0 Å². The normalized spacial score (nSPS) is 20.4. The first kappa shape index (κ1) is 11.7. The van der Waals surface area contributed by atoms with Crippen molar-refractivity contribution in [3.63, 3.8) is 0 Å². The molecular weight excluding hydrogens is 228 g/mol. The molecule has 1 aromatic carbocycles. The Balaban J connectivity index is 2.04. The maximum absolute atomic E-state index is 5.82. The lowest BCUT2D eigenvalue weighted by Gasteiger charge is -2.23. The molecule has 1 saturated heterocycles. The van der Waals surface area contributed by atoms with Crippen LogP contribution in [0.15, 0.2) is 24.3 Å². The van der Waals surface area contributed by atoms with Crippen molar-refractivity contribution in [2.45, 2.75) is 32.1 Å². The molecule has 1 atom stereocenters. The van der Waals surface area contributed by atoms with E-state index < -0.39 is 0 Å². The zero-order valence-electron chi connectivity index (χ0n) is 10.6. The number of aromatic nitrogens is 2. The lowest BCUT2D eigenvalue weighted by molar-refractivity contribution is -0.0371. The number of hydrogen-bond acceptors (Lipinski definition) is 3. The largest absolute Gasteiger partial charge is 0.378 e. The van der Waals surface area contributed by atoms with Crippen LogP contribution in [0, 0.1) is 0 Å². The Hall–Kier alpha value is -1.39. The standard InChI is InChI=1S/C14H18N2O2/c1-17-10-12-11-6-2-3-7-13(11)16(15-12)14-8-4-5-9-18-14/h2-3,6-7,14H,4-5,8-10H2,1H3. The Morgan fingerprint density at radius 1 is 1.39 bits per heavy atom. The SMILES string of the molecule is COCc1nn(C2CCCCO2)c2ccccc12. The van der Waals surface area contributed by atoms with E-state index in [4.69, 9.17) is 9.47 Å². The summed E-state index contributed by atoms with van der Waals surface area (Å²) < 4.78 is 13.1. The van der Waals surface area contributed by atoms with E-state index >= 15 is 0 Å². The van der Waals surface area contributed by atoms with Gasteiger partial charge in [-0.05, 0) is 25.3 Å². The molecule has 0 spiro atoms. The molecule has 0 N–H and O–H groups in total. The number of fused-ring (bicyclic) bond motifs is 1. The lowest BCUT2D eigenvalue weighted by atomic mass is 10.2. The second-order valence-corrected chi connectivity index (χ2v) is 4.66. The van der Waals surface area contributed by atoms with Gasteiger partial charge in [-0.1, -0.05) is 18.2 Å². The molecule has 2 heterocycles. The van der Waals surface area contributed by atoms with Gasteiger partial charge in [0.1, 0.15) is 0 Å². The Morgan fingerprint density at radius 2 is 2.28 bits per heavy atom. The fraction of sp³-hybridized carbons (Fsp3) is 0.500. The first-order valence-electron chi connectivity index (χ1n) is 6.47. The molecule has 0 saturated carbocycles. The van der Waals surface area contributed by atoms with Crippen molar-refractivity contribution in [1.29, 1.82) is 0 Å².